The predicted octanol–water partition coefficient (Wildman–Crippen LogP) is 3.69. The second-order valence-corrected chi connectivity index (χ2v) is 6.12. The third-order valence-electron chi connectivity index (χ3n) is 4.30. The zero-order chi connectivity index (χ0) is 17.5. The lowest BCUT2D eigenvalue weighted by Crippen LogP contribution is -2.36. The number of nitrogens with zero attached hydrogens (tertiary/aromatic N) is 4. The lowest BCUT2D eigenvalue weighted by Gasteiger charge is -2.35. The van der Waals surface area contributed by atoms with E-state index in [1.54, 1.807) is 19.0 Å². The predicted molar refractivity (Wildman–Crippen MR) is 87.3 cm³/mol. The van der Waals surface area contributed by atoms with Crippen molar-refractivity contribution >= 4 is 11.8 Å². The molecule has 7 heteroatoms. The molecule has 4 nitrogen and oxygen atoms in total. The average Bonchev–Trinajstić information content (AvgIpc) is 2.54. The summed E-state index contributed by atoms with van der Waals surface area (Å²) >= 11 is 0. The van der Waals surface area contributed by atoms with Crippen LogP contribution in [-0.4, -0.2) is 30.6 Å². The molecule has 0 N–H and O–H groups in total. The lowest BCUT2D eigenvalue weighted by molar-refractivity contribution is -0.141. The van der Waals surface area contributed by atoms with Gasteiger partial charge in [0, 0.05) is 26.7 Å². The molecule has 0 radical (unpaired) electrons. The minimum absolute atomic E-state index is 0.0755. The Hall–Kier alpha value is -2.31. The van der Waals surface area contributed by atoms with Gasteiger partial charge < -0.3 is 9.80 Å². The summed E-state index contributed by atoms with van der Waals surface area (Å²) < 4.78 is 39.6. The van der Waals surface area contributed by atoms with Crippen molar-refractivity contribution < 1.29 is 13.2 Å². The minimum Gasteiger partial charge on any atom is -0.363 e. The number of benzene rings is 1. The fraction of sp³-hybridized carbons (Fsp3) is 0.412. The molecule has 1 aliphatic rings. The van der Waals surface area contributed by atoms with E-state index in [1.165, 1.54) is 5.56 Å². The number of alkyl halides is 3. The number of halogens is 3. The number of fused-ring (bicyclic) bond motifs is 1. The van der Waals surface area contributed by atoms with Gasteiger partial charge in [0.1, 0.15) is 5.82 Å². The fourth-order valence-corrected chi connectivity index (χ4v) is 2.97. The Kier molecular flexibility index (Phi) is 4.11. The molecule has 0 amide bonds. The summed E-state index contributed by atoms with van der Waals surface area (Å²) in [6.45, 7) is 2.56. The molecule has 2 aromatic rings. The van der Waals surface area contributed by atoms with Gasteiger partial charge in [-0.3, -0.25) is 0 Å². The number of aromatic nitrogens is 2. The third-order valence-corrected chi connectivity index (χ3v) is 4.30. The topological polar surface area (TPSA) is 32.3 Å². The molecule has 0 saturated heterocycles. The van der Waals surface area contributed by atoms with Crippen molar-refractivity contribution in [1.29, 1.82) is 0 Å². The second kappa shape index (κ2) is 5.96. The standard InChI is InChI=1S/C17H19F3N4/c1-11-13-7-5-4-6-12(13)8-9-24(11)16-21-14(17(18,19)20)10-15(22-16)23(2)3/h4-7,10-11H,8-9H2,1-3H3. The van der Waals surface area contributed by atoms with Gasteiger partial charge in [-0.15, -0.1) is 0 Å². The van der Waals surface area contributed by atoms with Crippen molar-refractivity contribution in [2.24, 2.45) is 0 Å². The highest BCUT2D eigenvalue weighted by Gasteiger charge is 2.35. The van der Waals surface area contributed by atoms with Gasteiger partial charge in [0.2, 0.25) is 5.95 Å². The summed E-state index contributed by atoms with van der Waals surface area (Å²) in [5, 5.41) is 0. The first-order valence-electron chi connectivity index (χ1n) is 7.75. The Morgan fingerprint density at radius 1 is 1.17 bits per heavy atom. The highest BCUT2D eigenvalue weighted by molar-refractivity contribution is 5.49. The van der Waals surface area contributed by atoms with Crippen molar-refractivity contribution in [1.82, 2.24) is 9.97 Å². The smallest absolute Gasteiger partial charge is 0.363 e. The van der Waals surface area contributed by atoms with Gasteiger partial charge in [-0.2, -0.15) is 18.2 Å². The van der Waals surface area contributed by atoms with E-state index in [0.717, 1.165) is 18.1 Å². The molecule has 0 spiro atoms. The number of hydrogen-bond donors (Lipinski definition) is 0. The van der Waals surface area contributed by atoms with Crippen LogP contribution < -0.4 is 9.80 Å². The van der Waals surface area contributed by atoms with E-state index < -0.39 is 11.9 Å². The third kappa shape index (κ3) is 3.02. The molecule has 1 aliphatic heterocycles. The molecule has 128 valence electrons. The summed E-state index contributed by atoms with van der Waals surface area (Å²) in [5.74, 6) is 0.369. The van der Waals surface area contributed by atoms with E-state index in [2.05, 4.69) is 16.0 Å². The van der Waals surface area contributed by atoms with Crippen LogP contribution in [0.4, 0.5) is 24.9 Å². The van der Waals surface area contributed by atoms with Crippen molar-refractivity contribution in [2.75, 3.05) is 30.4 Å². The van der Waals surface area contributed by atoms with E-state index in [9.17, 15) is 13.2 Å². The zero-order valence-corrected chi connectivity index (χ0v) is 13.8. The van der Waals surface area contributed by atoms with Crippen molar-refractivity contribution in [3.05, 3.63) is 47.2 Å². The van der Waals surface area contributed by atoms with Crippen LogP contribution in [0.5, 0.6) is 0 Å². The Bertz CT molecular complexity index is 743. The van der Waals surface area contributed by atoms with E-state index in [1.807, 2.05) is 30.0 Å². The molecule has 24 heavy (non-hydrogen) atoms. The molecule has 0 saturated carbocycles. The average molecular weight is 336 g/mol. The van der Waals surface area contributed by atoms with E-state index in [4.69, 9.17) is 0 Å². The molecular formula is C17H19F3N4. The summed E-state index contributed by atoms with van der Waals surface area (Å²) in [6, 6.07) is 8.89. The Morgan fingerprint density at radius 2 is 1.88 bits per heavy atom. The van der Waals surface area contributed by atoms with Gasteiger partial charge in [-0.1, -0.05) is 24.3 Å². The largest absolute Gasteiger partial charge is 0.433 e. The van der Waals surface area contributed by atoms with Crippen LogP contribution >= 0.6 is 0 Å². The van der Waals surface area contributed by atoms with Crippen molar-refractivity contribution in [2.45, 2.75) is 25.6 Å². The van der Waals surface area contributed by atoms with Crippen LogP contribution in [0.2, 0.25) is 0 Å². The van der Waals surface area contributed by atoms with E-state index >= 15 is 0 Å². The number of anilines is 2. The normalized spacial score (nSPS) is 17.6. The Balaban J connectivity index is 2.05. The highest BCUT2D eigenvalue weighted by atomic mass is 19.4. The molecule has 0 aliphatic carbocycles. The van der Waals surface area contributed by atoms with Crippen LogP contribution in [0.25, 0.3) is 0 Å². The van der Waals surface area contributed by atoms with Crippen molar-refractivity contribution in [3.8, 4) is 0 Å². The zero-order valence-electron chi connectivity index (χ0n) is 13.8. The SMILES string of the molecule is CC1c2ccccc2CCN1c1nc(N(C)C)cc(C(F)(F)F)n1. The highest BCUT2D eigenvalue weighted by Crippen LogP contribution is 2.35. The second-order valence-electron chi connectivity index (χ2n) is 6.12. The lowest BCUT2D eigenvalue weighted by atomic mass is 9.94. The van der Waals surface area contributed by atoms with Gasteiger partial charge in [0.25, 0.3) is 0 Å². The maximum absolute atomic E-state index is 13.2. The maximum atomic E-state index is 13.2. The quantitative estimate of drug-likeness (QED) is 0.837. The van der Waals surface area contributed by atoms with E-state index in [-0.39, 0.29) is 17.8 Å². The summed E-state index contributed by atoms with van der Waals surface area (Å²) in [4.78, 5) is 11.5. The minimum atomic E-state index is -4.50. The van der Waals surface area contributed by atoms with Gasteiger partial charge in [0.15, 0.2) is 5.69 Å². The van der Waals surface area contributed by atoms with Gasteiger partial charge in [0.05, 0.1) is 6.04 Å². The van der Waals surface area contributed by atoms with Crippen LogP contribution in [-0.2, 0) is 12.6 Å². The molecular weight excluding hydrogens is 317 g/mol. The first kappa shape index (κ1) is 16.5. The molecule has 0 fully saturated rings. The molecule has 0 bridgehead atoms. The van der Waals surface area contributed by atoms with Gasteiger partial charge in [-0.05, 0) is 24.5 Å². The first-order valence-corrected chi connectivity index (χ1v) is 7.75. The van der Waals surface area contributed by atoms with Crippen LogP contribution in [0.15, 0.2) is 30.3 Å². The number of rotatable bonds is 2. The molecule has 1 aromatic carbocycles. The molecule has 3 rings (SSSR count). The van der Waals surface area contributed by atoms with Crippen LogP contribution in [0.1, 0.15) is 29.8 Å². The van der Waals surface area contributed by atoms with E-state index in [0.29, 0.717) is 6.54 Å². The Labute approximate surface area is 138 Å². The number of hydrogen-bond acceptors (Lipinski definition) is 4. The molecule has 1 aromatic heterocycles. The molecule has 1 unspecified atom stereocenters. The summed E-state index contributed by atoms with van der Waals surface area (Å²) in [6.07, 6.45) is -3.74. The van der Waals surface area contributed by atoms with Crippen LogP contribution in [0, 0.1) is 0 Å². The van der Waals surface area contributed by atoms with Gasteiger partial charge in [-0.25, -0.2) is 4.98 Å². The monoisotopic (exact) mass is 336 g/mol. The molecule has 1 atom stereocenters. The summed E-state index contributed by atoms with van der Waals surface area (Å²) in [5.41, 5.74) is 1.42. The van der Waals surface area contributed by atoms with Crippen molar-refractivity contribution in [3.63, 3.8) is 0 Å². The Morgan fingerprint density at radius 3 is 2.54 bits per heavy atom. The first-order chi connectivity index (χ1) is 11.3. The maximum Gasteiger partial charge on any atom is 0.433 e. The van der Waals surface area contributed by atoms with Crippen LogP contribution in [0.3, 0.4) is 0 Å². The fourth-order valence-electron chi connectivity index (χ4n) is 2.97. The molecule has 2 heterocycles. The summed E-state index contributed by atoms with van der Waals surface area (Å²) in [7, 11) is 3.34. The van der Waals surface area contributed by atoms with Gasteiger partial charge >= 0.3 is 6.18 Å².